The molecule has 0 spiro atoms. The highest BCUT2D eigenvalue weighted by molar-refractivity contribution is 5.27. The molecule has 1 aromatic rings. The number of hydrogen-bond acceptors (Lipinski definition) is 3. The van der Waals surface area contributed by atoms with E-state index < -0.39 is 6.36 Å². The molecule has 0 fully saturated rings. The average molecular weight is 290 g/mol. The van der Waals surface area contributed by atoms with Crippen molar-refractivity contribution in [2.24, 2.45) is 0 Å². The number of alkyl halides is 3. The fourth-order valence-corrected chi connectivity index (χ4v) is 1.57. The maximum Gasteiger partial charge on any atom is 0.573 e. The maximum atomic E-state index is 12.0. The Morgan fingerprint density at radius 1 is 1.00 bits per heavy atom. The molecule has 0 bridgehead atoms. The van der Waals surface area contributed by atoms with E-state index in [-0.39, 0.29) is 11.3 Å². The van der Waals surface area contributed by atoms with Crippen LogP contribution >= 0.6 is 0 Å². The second-order valence-electron chi connectivity index (χ2n) is 5.55. The summed E-state index contributed by atoms with van der Waals surface area (Å²) in [5.74, 6) is -0.198. The number of rotatable bonds is 6. The molecule has 1 rings (SSSR count). The van der Waals surface area contributed by atoms with E-state index in [9.17, 15) is 13.2 Å². The molecule has 1 aromatic carbocycles. The third kappa shape index (κ3) is 8.01. The summed E-state index contributed by atoms with van der Waals surface area (Å²) in [6.45, 7) is 8.50. The van der Waals surface area contributed by atoms with Crippen LogP contribution in [0.1, 0.15) is 26.3 Å². The van der Waals surface area contributed by atoms with Crippen molar-refractivity contribution in [2.75, 3.05) is 13.1 Å². The van der Waals surface area contributed by atoms with Crippen LogP contribution in [-0.2, 0) is 6.54 Å². The second kappa shape index (κ2) is 6.95. The Bertz CT molecular complexity index is 396. The number of hydrogen-bond donors (Lipinski definition) is 2. The Hall–Kier alpha value is -1.27. The third-order valence-electron chi connectivity index (χ3n) is 2.44. The zero-order valence-electron chi connectivity index (χ0n) is 12.0. The summed E-state index contributed by atoms with van der Waals surface area (Å²) in [4.78, 5) is 0. The third-order valence-corrected chi connectivity index (χ3v) is 2.44. The Morgan fingerprint density at radius 2 is 1.60 bits per heavy atom. The van der Waals surface area contributed by atoms with Crippen molar-refractivity contribution >= 4 is 0 Å². The van der Waals surface area contributed by atoms with E-state index >= 15 is 0 Å². The van der Waals surface area contributed by atoms with Crippen molar-refractivity contribution in [3.63, 3.8) is 0 Å². The highest BCUT2D eigenvalue weighted by Gasteiger charge is 2.30. The largest absolute Gasteiger partial charge is 0.573 e. The molecule has 0 radical (unpaired) electrons. The van der Waals surface area contributed by atoms with Gasteiger partial charge in [-0.05, 0) is 38.5 Å². The molecule has 114 valence electrons. The van der Waals surface area contributed by atoms with Gasteiger partial charge >= 0.3 is 6.36 Å². The quantitative estimate of drug-likeness (QED) is 0.790. The van der Waals surface area contributed by atoms with Crippen LogP contribution in [0.2, 0.25) is 0 Å². The standard InChI is InChI=1S/C14H21F3N2O/c1-13(2,3)19-9-8-18-10-11-4-6-12(7-5-11)20-14(15,16)17/h4-7,18-19H,8-10H2,1-3H3. The molecular formula is C14H21F3N2O. The first-order valence-corrected chi connectivity index (χ1v) is 6.46. The number of halogens is 3. The van der Waals surface area contributed by atoms with Gasteiger partial charge in [0.25, 0.3) is 0 Å². The molecule has 0 unspecified atom stereocenters. The molecule has 2 N–H and O–H groups in total. The second-order valence-corrected chi connectivity index (χ2v) is 5.55. The smallest absolute Gasteiger partial charge is 0.406 e. The van der Waals surface area contributed by atoms with Crippen molar-refractivity contribution in [2.45, 2.75) is 39.2 Å². The average Bonchev–Trinajstić information content (AvgIpc) is 2.27. The number of ether oxygens (including phenoxy) is 1. The molecule has 0 saturated carbocycles. The summed E-state index contributed by atoms with van der Waals surface area (Å²) in [7, 11) is 0. The van der Waals surface area contributed by atoms with Crippen molar-refractivity contribution in [3.8, 4) is 5.75 Å². The molecule has 0 atom stereocenters. The Morgan fingerprint density at radius 3 is 2.10 bits per heavy atom. The predicted molar refractivity (Wildman–Crippen MR) is 72.6 cm³/mol. The molecule has 0 aliphatic carbocycles. The lowest BCUT2D eigenvalue weighted by atomic mass is 10.1. The van der Waals surface area contributed by atoms with E-state index in [0.29, 0.717) is 6.54 Å². The van der Waals surface area contributed by atoms with Gasteiger partial charge in [-0.1, -0.05) is 12.1 Å². The van der Waals surface area contributed by atoms with E-state index in [1.807, 2.05) is 0 Å². The van der Waals surface area contributed by atoms with Crippen LogP contribution in [0.15, 0.2) is 24.3 Å². The van der Waals surface area contributed by atoms with Gasteiger partial charge in [-0.3, -0.25) is 0 Å². The minimum atomic E-state index is -4.64. The molecule has 0 aromatic heterocycles. The van der Waals surface area contributed by atoms with E-state index in [1.165, 1.54) is 12.1 Å². The van der Waals surface area contributed by atoms with E-state index in [2.05, 4.69) is 36.1 Å². The SMILES string of the molecule is CC(C)(C)NCCNCc1ccc(OC(F)(F)F)cc1. The summed E-state index contributed by atoms with van der Waals surface area (Å²) in [6, 6.07) is 5.87. The van der Waals surface area contributed by atoms with Gasteiger partial charge in [0, 0.05) is 25.2 Å². The molecule has 0 heterocycles. The highest BCUT2D eigenvalue weighted by atomic mass is 19.4. The Labute approximate surface area is 117 Å². The zero-order chi connectivity index (χ0) is 15.2. The minimum absolute atomic E-state index is 0.0816. The number of nitrogens with one attached hydrogen (secondary N) is 2. The van der Waals surface area contributed by atoms with Gasteiger partial charge in [-0.2, -0.15) is 0 Å². The van der Waals surface area contributed by atoms with Gasteiger partial charge in [0.15, 0.2) is 0 Å². The molecule has 3 nitrogen and oxygen atoms in total. The first kappa shape index (κ1) is 16.8. The highest BCUT2D eigenvalue weighted by Crippen LogP contribution is 2.22. The minimum Gasteiger partial charge on any atom is -0.406 e. The van der Waals surface area contributed by atoms with E-state index in [1.54, 1.807) is 12.1 Å². The Balaban J connectivity index is 2.28. The van der Waals surface area contributed by atoms with Crippen molar-refractivity contribution in [3.05, 3.63) is 29.8 Å². The summed E-state index contributed by atoms with van der Waals surface area (Å²) >= 11 is 0. The van der Waals surface area contributed by atoms with Crippen molar-refractivity contribution in [1.82, 2.24) is 10.6 Å². The summed E-state index contributed by atoms with van der Waals surface area (Å²) in [6.07, 6.45) is -4.64. The normalized spacial score (nSPS) is 12.5. The topological polar surface area (TPSA) is 33.3 Å². The van der Waals surface area contributed by atoms with E-state index in [0.717, 1.165) is 18.7 Å². The van der Waals surface area contributed by atoms with Crippen LogP contribution in [0.3, 0.4) is 0 Å². The summed E-state index contributed by atoms with van der Waals surface area (Å²) in [5.41, 5.74) is 0.994. The lowest BCUT2D eigenvalue weighted by Gasteiger charge is -2.20. The van der Waals surface area contributed by atoms with Crippen molar-refractivity contribution < 1.29 is 17.9 Å². The molecule has 0 aliphatic heterocycles. The first-order valence-electron chi connectivity index (χ1n) is 6.46. The lowest BCUT2D eigenvalue weighted by Crippen LogP contribution is -2.40. The lowest BCUT2D eigenvalue weighted by molar-refractivity contribution is -0.274. The van der Waals surface area contributed by atoms with Crippen LogP contribution in [0, 0.1) is 0 Å². The van der Waals surface area contributed by atoms with Gasteiger partial charge in [0.1, 0.15) is 5.75 Å². The van der Waals surface area contributed by atoms with Gasteiger partial charge in [-0.15, -0.1) is 13.2 Å². The molecule has 0 amide bonds. The maximum absolute atomic E-state index is 12.0. The molecule has 0 saturated heterocycles. The molecule has 6 heteroatoms. The zero-order valence-corrected chi connectivity index (χ0v) is 12.0. The first-order chi connectivity index (χ1) is 9.16. The Kier molecular flexibility index (Phi) is 5.83. The van der Waals surface area contributed by atoms with Gasteiger partial charge in [0.05, 0.1) is 0 Å². The van der Waals surface area contributed by atoms with Gasteiger partial charge in [-0.25, -0.2) is 0 Å². The van der Waals surface area contributed by atoms with Gasteiger partial charge in [0.2, 0.25) is 0 Å². The van der Waals surface area contributed by atoms with E-state index in [4.69, 9.17) is 0 Å². The van der Waals surface area contributed by atoms with Crippen LogP contribution in [0.4, 0.5) is 13.2 Å². The molecule has 20 heavy (non-hydrogen) atoms. The van der Waals surface area contributed by atoms with Crippen molar-refractivity contribution in [1.29, 1.82) is 0 Å². The van der Waals surface area contributed by atoms with Gasteiger partial charge < -0.3 is 15.4 Å². The fourth-order valence-electron chi connectivity index (χ4n) is 1.57. The van der Waals surface area contributed by atoms with Crippen LogP contribution in [0.25, 0.3) is 0 Å². The summed E-state index contributed by atoms with van der Waals surface area (Å²) < 4.78 is 39.8. The monoisotopic (exact) mass is 290 g/mol. The fraction of sp³-hybridized carbons (Fsp3) is 0.571. The summed E-state index contributed by atoms with van der Waals surface area (Å²) in [5, 5.41) is 6.55. The van der Waals surface area contributed by atoms with Crippen LogP contribution in [0.5, 0.6) is 5.75 Å². The predicted octanol–water partition coefficient (Wildman–Crippen LogP) is 3.06. The molecular weight excluding hydrogens is 269 g/mol. The van der Waals surface area contributed by atoms with Crippen LogP contribution < -0.4 is 15.4 Å². The molecule has 0 aliphatic rings. The van der Waals surface area contributed by atoms with Crippen LogP contribution in [-0.4, -0.2) is 25.0 Å². The number of benzene rings is 1.